The van der Waals surface area contributed by atoms with Crippen LogP contribution in [-0.4, -0.2) is 26.4 Å². The molecule has 0 atom stereocenters. The fraction of sp³-hybridized carbons (Fsp3) is 0.105. The highest BCUT2D eigenvalue weighted by Crippen LogP contribution is 2.24. The van der Waals surface area contributed by atoms with Gasteiger partial charge in [0.2, 0.25) is 5.91 Å². The molecule has 0 bridgehead atoms. The van der Waals surface area contributed by atoms with E-state index in [1.54, 1.807) is 30.3 Å². The van der Waals surface area contributed by atoms with Gasteiger partial charge in [-0.05, 0) is 18.2 Å². The lowest BCUT2D eigenvalue weighted by Crippen LogP contribution is -2.14. The van der Waals surface area contributed by atoms with Gasteiger partial charge in [0.15, 0.2) is 11.0 Å². The molecule has 0 aliphatic heterocycles. The van der Waals surface area contributed by atoms with Gasteiger partial charge in [-0.1, -0.05) is 65.8 Å². The third-order valence-corrected chi connectivity index (χ3v) is 4.70. The molecule has 5 nitrogen and oxygen atoms in total. The highest BCUT2D eigenvalue weighted by Gasteiger charge is 2.14. The molecule has 1 amide bonds. The van der Waals surface area contributed by atoms with Crippen LogP contribution in [0.3, 0.4) is 0 Å². The molecule has 0 aliphatic carbocycles. The molecule has 1 N–H and O–H groups in total. The summed E-state index contributed by atoms with van der Waals surface area (Å²) in [5.41, 5.74) is 1.64. The van der Waals surface area contributed by atoms with Gasteiger partial charge in [0, 0.05) is 22.8 Å². The molecule has 0 spiro atoms. The van der Waals surface area contributed by atoms with Crippen LogP contribution in [0.5, 0.6) is 0 Å². The van der Waals surface area contributed by atoms with Crippen LogP contribution in [0.25, 0.3) is 11.4 Å². The molecule has 132 valence electrons. The van der Waals surface area contributed by atoms with Crippen molar-refractivity contribution in [1.82, 2.24) is 14.8 Å². The van der Waals surface area contributed by atoms with Gasteiger partial charge in [-0.15, -0.1) is 16.8 Å². The van der Waals surface area contributed by atoms with Gasteiger partial charge in [-0.25, -0.2) is 0 Å². The number of rotatable bonds is 7. The first-order valence-corrected chi connectivity index (χ1v) is 9.31. The van der Waals surface area contributed by atoms with E-state index in [-0.39, 0.29) is 11.7 Å². The summed E-state index contributed by atoms with van der Waals surface area (Å²) in [6.07, 6.45) is 1.78. The minimum atomic E-state index is -0.133. The number of amides is 1. The number of halogens is 1. The first-order valence-electron chi connectivity index (χ1n) is 7.95. The second-order valence-electron chi connectivity index (χ2n) is 5.42. The maximum Gasteiger partial charge on any atom is 0.234 e. The average molecular weight is 385 g/mol. The van der Waals surface area contributed by atoms with E-state index in [1.807, 2.05) is 34.9 Å². The Kier molecular flexibility index (Phi) is 6.09. The second-order valence-corrected chi connectivity index (χ2v) is 6.80. The SMILES string of the molecule is C=CCn1c(SCC(=O)Nc2cccc(Cl)c2)nnc1-c1ccccc1. The van der Waals surface area contributed by atoms with Gasteiger partial charge < -0.3 is 5.32 Å². The molecular weight excluding hydrogens is 368 g/mol. The summed E-state index contributed by atoms with van der Waals surface area (Å²) in [5, 5.41) is 12.6. The molecular formula is C19H17ClN4OS. The Balaban J connectivity index is 1.70. The van der Waals surface area contributed by atoms with Crippen LogP contribution in [0, 0.1) is 0 Å². The van der Waals surface area contributed by atoms with Gasteiger partial charge in [0.1, 0.15) is 0 Å². The number of hydrogen-bond donors (Lipinski definition) is 1. The van der Waals surface area contributed by atoms with E-state index in [2.05, 4.69) is 22.1 Å². The van der Waals surface area contributed by atoms with Crippen molar-refractivity contribution in [3.63, 3.8) is 0 Å². The number of hydrogen-bond acceptors (Lipinski definition) is 4. The molecule has 3 aromatic rings. The fourth-order valence-electron chi connectivity index (χ4n) is 2.38. The Labute approximate surface area is 161 Å². The van der Waals surface area contributed by atoms with Gasteiger partial charge >= 0.3 is 0 Å². The molecule has 3 rings (SSSR count). The predicted molar refractivity (Wildman–Crippen MR) is 106 cm³/mol. The first-order chi connectivity index (χ1) is 12.7. The van der Waals surface area contributed by atoms with Gasteiger partial charge in [-0.3, -0.25) is 9.36 Å². The highest BCUT2D eigenvalue weighted by molar-refractivity contribution is 7.99. The predicted octanol–water partition coefficient (Wildman–Crippen LogP) is 4.52. The summed E-state index contributed by atoms with van der Waals surface area (Å²) < 4.78 is 1.94. The third kappa shape index (κ3) is 4.53. The van der Waals surface area contributed by atoms with Gasteiger partial charge in [0.25, 0.3) is 0 Å². The van der Waals surface area contributed by atoms with Gasteiger partial charge in [-0.2, -0.15) is 0 Å². The third-order valence-electron chi connectivity index (χ3n) is 3.50. The molecule has 0 saturated carbocycles. The molecule has 0 saturated heterocycles. The Morgan fingerprint density at radius 3 is 2.73 bits per heavy atom. The van der Waals surface area contributed by atoms with E-state index >= 15 is 0 Å². The Hall–Kier alpha value is -2.57. The number of carbonyl (C=O) groups excluding carboxylic acids is 1. The van der Waals surface area contributed by atoms with E-state index in [4.69, 9.17) is 11.6 Å². The Morgan fingerprint density at radius 2 is 2.00 bits per heavy atom. The molecule has 0 fully saturated rings. The van der Waals surface area contributed by atoms with E-state index in [9.17, 15) is 4.79 Å². The van der Waals surface area contributed by atoms with Crippen molar-refractivity contribution >= 4 is 35.0 Å². The van der Waals surface area contributed by atoms with Crippen molar-refractivity contribution in [3.8, 4) is 11.4 Å². The summed E-state index contributed by atoms with van der Waals surface area (Å²) in [6.45, 7) is 4.36. The van der Waals surface area contributed by atoms with Gasteiger partial charge in [0.05, 0.1) is 5.75 Å². The van der Waals surface area contributed by atoms with Crippen molar-refractivity contribution in [2.45, 2.75) is 11.7 Å². The summed E-state index contributed by atoms with van der Waals surface area (Å²) in [5.74, 6) is 0.839. The lowest BCUT2D eigenvalue weighted by Gasteiger charge is -2.08. The molecule has 7 heteroatoms. The van der Waals surface area contributed by atoms with Crippen molar-refractivity contribution in [2.24, 2.45) is 0 Å². The van der Waals surface area contributed by atoms with Crippen molar-refractivity contribution in [3.05, 3.63) is 72.3 Å². The number of anilines is 1. The number of allylic oxidation sites excluding steroid dienone is 1. The maximum absolute atomic E-state index is 12.2. The molecule has 2 aromatic carbocycles. The summed E-state index contributed by atoms with van der Waals surface area (Å²) in [4.78, 5) is 12.2. The number of thioether (sulfide) groups is 1. The standard InChI is InChI=1S/C19H17ClN4OS/c1-2-11-24-18(14-7-4-3-5-8-14)22-23-19(24)26-13-17(25)21-16-10-6-9-15(20)12-16/h2-10,12H,1,11,13H2,(H,21,25). The fourth-order valence-corrected chi connectivity index (χ4v) is 3.32. The lowest BCUT2D eigenvalue weighted by atomic mass is 10.2. The van der Waals surface area contributed by atoms with Crippen LogP contribution in [-0.2, 0) is 11.3 Å². The van der Waals surface area contributed by atoms with Crippen LogP contribution in [0.15, 0.2) is 72.4 Å². The minimum Gasteiger partial charge on any atom is -0.325 e. The molecule has 1 aromatic heterocycles. The smallest absolute Gasteiger partial charge is 0.234 e. The Morgan fingerprint density at radius 1 is 1.19 bits per heavy atom. The number of nitrogens with one attached hydrogen (secondary N) is 1. The largest absolute Gasteiger partial charge is 0.325 e. The second kappa shape index (κ2) is 8.69. The highest BCUT2D eigenvalue weighted by atomic mass is 35.5. The molecule has 0 unspecified atom stereocenters. The van der Waals surface area contributed by atoms with E-state index in [0.717, 1.165) is 11.4 Å². The topological polar surface area (TPSA) is 59.8 Å². The van der Waals surface area contributed by atoms with E-state index in [1.165, 1.54) is 11.8 Å². The number of carbonyl (C=O) groups is 1. The minimum absolute atomic E-state index is 0.133. The average Bonchev–Trinajstić information content (AvgIpc) is 3.04. The zero-order chi connectivity index (χ0) is 18.4. The first kappa shape index (κ1) is 18.2. The summed E-state index contributed by atoms with van der Waals surface area (Å²) >= 11 is 7.26. The molecule has 0 radical (unpaired) electrons. The number of nitrogens with zero attached hydrogens (tertiary/aromatic N) is 3. The molecule has 1 heterocycles. The van der Waals surface area contributed by atoms with Crippen molar-refractivity contribution in [2.75, 3.05) is 11.1 Å². The number of benzene rings is 2. The molecule has 0 aliphatic rings. The van der Waals surface area contributed by atoms with E-state index < -0.39 is 0 Å². The Bertz CT molecular complexity index is 911. The zero-order valence-electron chi connectivity index (χ0n) is 13.9. The van der Waals surface area contributed by atoms with E-state index in [0.29, 0.717) is 22.4 Å². The normalized spacial score (nSPS) is 10.5. The maximum atomic E-state index is 12.2. The lowest BCUT2D eigenvalue weighted by molar-refractivity contribution is -0.113. The summed E-state index contributed by atoms with van der Waals surface area (Å²) in [7, 11) is 0. The summed E-state index contributed by atoms with van der Waals surface area (Å²) in [6, 6.07) is 16.9. The molecule has 26 heavy (non-hydrogen) atoms. The van der Waals surface area contributed by atoms with Crippen LogP contribution in [0.2, 0.25) is 5.02 Å². The van der Waals surface area contributed by atoms with Crippen LogP contribution < -0.4 is 5.32 Å². The quantitative estimate of drug-likeness (QED) is 0.480. The van der Waals surface area contributed by atoms with Crippen LogP contribution >= 0.6 is 23.4 Å². The monoisotopic (exact) mass is 384 g/mol. The van der Waals surface area contributed by atoms with Crippen LogP contribution in [0.4, 0.5) is 5.69 Å². The van der Waals surface area contributed by atoms with Crippen molar-refractivity contribution in [1.29, 1.82) is 0 Å². The van der Waals surface area contributed by atoms with Crippen LogP contribution in [0.1, 0.15) is 0 Å². The zero-order valence-corrected chi connectivity index (χ0v) is 15.5. The van der Waals surface area contributed by atoms with Crippen molar-refractivity contribution < 1.29 is 4.79 Å². The number of aromatic nitrogens is 3.